The molecular weight excluding hydrogens is 364 g/mol. The number of aryl methyl sites for hydroxylation is 1. The van der Waals surface area contributed by atoms with Gasteiger partial charge >= 0.3 is 5.97 Å². The first-order valence-corrected chi connectivity index (χ1v) is 8.19. The smallest absolute Gasteiger partial charge is 0.302 e. The number of halogens is 1. The maximum atomic E-state index is 12.2. The fourth-order valence-electron chi connectivity index (χ4n) is 1.85. The van der Waals surface area contributed by atoms with Crippen molar-refractivity contribution in [2.24, 2.45) is 0 Å². The third-order valence-electron chi connectivity index (χ3n) is 3.00. The molecule has 0 aliphatic carbocycles. The molecule has 0 aliphatic rings. The largest absolute Gasteiger partial charge is 0.491 e. The van der Waals surface area contributed by atoms with E-state index in [9.17, 15) is 9.59 Å². The van der Waals surface area contributed by atoms with Crippen LogP contribution in [0.15, 0.2) is 18.2 Å². The van der Waals surface area contributed by atoms with Crippen LogP contribution in [0.3, 0.4) is 0 Å². The molecule has 0 atom stereocenters. The van der Waals surface area contributed by atoms with Crippen molar-refractivity contribution >= 4 is 27.7 Å². The van der Waals surface area contributed by atoms with Crippen LogP contribution in [0, 0.1) is 6.92 Å². The highest BCUT2D eigenvalue weighted by atomic mass is 79.9. The molecule has 128 valence electrons. The summed E-state index contributed by atoms with van der Waals surface area (Å²) in [7, 11) is 0. The number of rotatable bonds is 9. The molecule has 5 nitrogen and oxygen atoms in total. The van der Waals surface area contributed by atoms with Crippen molar-refractivity contribution in [1.82, 2.24) is 0 Å². The molecule has 0 aromatic heterocycles. The Morgan fingerprint density at radius 1 is 1.13 bits per heavy atom. The Morgan fingerprint density at radius 2 is 1.78 bits per heavy atom. The Hall–Kier alpha value is -1.40. The molecule has 1 aromatic carbocycles. The number of carbonyl (C=O) groups excluding carboxylic acids is 2. The zero-order valence-corrected chi connectivity index (χ0v) is 15.6. The van der Waals surface area contributed by atoms with Crippen LogP contribution >= 0.6 is 15.9 Å². The normalized spacial score (nSPS) is 11.2. The van der Waals surface area contributed by atoms with Crippen molar-refractivity contribution in [2.75, 3.05) is 26.4 Å². The van der Waals surface area contributed by atoms with E-state index in [1.165, 1.54) is 6.92 Å². The highest BCUT2D eigenvalue weighted by molar-refractivity contribution is 9.10. The maximum absolute atomic E-state index is 12.2. The van der Waals surface area contributed by atoms with Crippen molar-refractivity contribution in [3.63, 3.8) is 0 Å². The quantitative estimate of drug-likeness (QED) is 0.282. The summed E-state index contributed by atoms with van der Waals surface area (Å²) in [5.41, 5.74) is 1.54. The fourth-order valence-corrected chi connectivity index (χ4v) is 2.08. The van der Waals surface area contributed by atoms with E-state index in [0.717, 1.165) is 11.3 Å². The number of hydrogen-bond donors (Lipinski definition) is 0. The molecular formula is C17H23BrO5. The number of ether oxygens (including phenoxy) is 3. The SMILES string of the molecule is CC(=O)OCCOCCOc1ccc(C(=O)C(C)(C)Br)cc1C. The molecule has 0 bridgehead atoms. The van der Waals surface area contributed by atoms with Gasteiger partial charge in [-0.25, -0.2) is 0 Å². The van der Waals surface area contributed by atoms with E-state index in [1.807, 2.05) is 26.8 Å². The van der Waals surface area contributed by atoms with Gasteiger partial charge in [-0.3, -0.25) is 9.59 Å². The predicted molar refractivity (Wildman–Crippen MR) is 91.5 cm³/mol. The van der Waals surface area contributed by atoms with Gasteiger partial charge in [0, 0.05) is 12.5 Å². The second-order valence-electron chi connectivity index (χ2n) is 5.58. The number of esters is 1. The van der Waals surface area contributed by atoms with Crippen LogP contribution in [0.2, 0.25) is 0 Å². The Bertz CT molecular complexity index is 548. The van der Waals surface area contributed by atoms with Gasteiger partial charge in [0.25, 0.3) is 0 Å². The summed E-state index contributed by atoms with van der Waals surface area (Å²) in [5, 5.41) is 0. The molecule has 0 saturated heterocycles. The first kappa shape index (κ1) is 19.6. The number of Topliss-reactive ketones (excluding diaryl/α,β-unsaturated/α-hetero) is 1. The summed E-state index contributed by atoms with van der Waals surface area (Å²) < 4.78 is 15.1. The van der Waals surface area contributed by atoms with Gasteiger partial charge in [-0.05, 0) is 44.5 Å². The molecule has 0 fully saturated rings. The molecule has 0 saturated carbocycles. The van der Waals surface area contributed by atoms with Gasteiger partial charge in [-0.2, -0.15) is 0 Å². The van der Waals surface area contributed by atoms with Crippen molar-refractivity contribution in [3.05, 3.63) is 29.3 Å². The lowest BCUT2D eigenvalue weighted by atomic mass is 9.99. The summed E-state index contributed by atoms with van der Waals surface area (Å²) in [6.07, 6.45) is 0. The summed E-state index contributed by atoms with van der Waals surface area (Å²) in [6.45, 7) is 8.27. The van der Waals surface area contributed by atoms with Gasteiger partial charge in [-0.1, -0.05) is 15.9 Å². The third kappa shape index (κ3) is 7.14. The van der Waals surface area contributed by atoms with Crippen LogP contribution in [0.25, 0.3) is 0 Å². The van der Waals surface area contributed by atoms with E-state index in [4.69, 9.17) is 14.2 Å². The molecule has 23 heavy (non-hydrogen) atoms. The molecule has 0 radical (unpaired) electrons. The summed E-state index contributed by atoms with van der Waals surface area (Å²) in [4.78, 5) is 22.8. The molecule has 0 amide bonds. The lowest BCUT2D eigenvalue weighted by Crippen LogP contribution is -2.24. The Labute approximate surface area is 145 Å². The van der Waals surface area contributed by atoms with E-state index in [0.29, 0.717) is 25.4 Å². The predicted octanol–water partition coefficient (Wildman–Crippen LogP) is 3.31. The first-order valence-electron chi connectivity index (χ1n) is 7.40. The van der Waals surface area contributed by atoms with Crippen molar-refractivity contribution in [3.8, 4) is 5.75 Å². The first-order chi connectivity index (χ1) is 10.7. The highest BCUT2D eigenvalue weighted by Crippen LogP contribution is 2.25. The van der Waals surface area contributed by atoms with Crippen LogP contribution in [-0.4, -0.2) is 42.5 Å². The number of ketones is 1. The van der Waals surface area contributed by atoms with Crippen LogP contribution < -0.4 is 4.74 Å². The van der Waals surface area contributed by atoms with Gasteiger partial charge in [0.1, 0.15) is 19.0 Å². The van der Waals surface area contributed by atoms with Gasteiger partial charge in [0.05, 0.1) is 17.5 Å². The van der Waals surface area contributed by atoms with Crippen molar-refractivity contribution in [2.45, 2.75) is 32.0 Å². The van der Waals surface area contributed by atoms with Gasteiger partial charge < -0.3 is 14.2 Å². The number of benzene rings is 1. The summed E-state index contributed by atoms with van der Waals surface area (Å²) >= 11 is 3.38. The average Bonchev–Trinajstić information content (AvgIpc) is 2.45. The lowest BCUT2D eigenvalue weighted by Gasteiger charge is -2.16. The van der Waals surface area contributed by atoms with Crippen LogP contribution in [0.1, 0.15) is 36.7 Å². The minimum Gasteiger partial charge on any atom is -0.491 e. The molecule has 0 N–H and O–H groups in total. The Kier molecular flexibility index (Phi) is 7.72. The highest BCUT2D eigenvalue weighted by Gasteiger charge is 2.25. The fraction of sp³-hybridized carbons (Fsp3) is 0.529. The summed E-state index contributed by atoms with van der Waals surface area (Å²) in [5.74, 6) is 0.431. The van der Waals surface area contributed by atoms with E-state index < -0.39 is 4.32 Å². The number of hydrogen-bond acceptors (Lipinski definition) is 5. The van der Waals surface area contributed by atoms with E-state index in [1.54, 1.807) is 12.1 Å². The minimum absolute atomic E-state index is 0.0287. The summed E-state index contributed by atoms with van der Waals surface area (Å²) in [6, 6.07) is 5.37. The molecule has 1 rings (SSSR count). The third-order valence-corrected chi connectivity index (χ3v) is 3.36. The minimum atomic E-state index is -0.586. The number of carbonyl (C=O) groups is 2. The zero-order valence-electron chi connectivity index (χ0n) is 14.0. The van der Waals surface area contributed by atoms with Crippen LogP contribution in [0.5, 0.6) is 5.75 Å². The van der Waals surface area contributed by atoms with Crippen molar-refractivity contribution in [1.29, 1.82) is 0 Å². The maximum Gasteiger partial charge on any atom is 0.302 e. The Morgan fingerprint density at radius 3 is 2.35 bits per heavy atom. The van der Waals surface area contributed by atoms with Crippen molar-refractivity contribution < 1.29 is 23.8 Å². The van der Waals surface area contributed by atoms with E-state index >= 15 is 0 Å². The second kappa shape index (κ2) is 9.03. The number of alkyl halides is 1. The monoisotopic (exact) mass is 386 g/mol. The molecule has 0 aliphatic heterocycles. The Balaban J connectivity index is 2.41. The standard InChI is InChI=1S/C17H23BrO5/c1-12-11-14(16(20)17(3,4)18)5-6-15(12)23-10-8-21-7-9-22-13(2)19/h5-6,11H,7-10H2,1-4H3. The topological polar surface area (TPSA) is 61.8 Å². The lowest BCUT2D eigenvalue weighted by molar-refractivity contribution is -0.142. The average molecular weight is 387 g/mol. The van der Waals surface area contributed by atoms with Crippen LogP contribution in [0.4, 0.5) is 0 Å². The van der Waals surface area contributed by atoms with E-state index in [2.05, 4.69) is 15.9 Å². The molecule has 0 unspecified atom stereocenters. The van der Waals surface area contributed by atoms with E-state index in [-0.39, 0.29) is 18.4 Å². The molecule has 6 heteroatoms. The second-order valence-corrected chi connectivity index (χ2v) is 7.57. The van der Waals surface area contributed by atoms with Gasteiger partial charge in [0.2, 0.25) is 0 Å². The van der Waals surface area contributed by atoms with Crippen LogP contribution in [-0.2, 0) is 14.3 Å². The van der Waals surface area contributed by atoms with Gasteiger partial charge in [0.15, 0.2) is 5.78 Å². The zero-order chi connectivity index (χ0) is 17.5. The molecule has 0 heterocycles. The molecule has 1 aromatic rings. The van der Waals surface area contributed by atoms with Gasteiger partial charge in [-0.15, -0.1) is 0 Å². The molecule has 0 spiro atoms.